The summed E-state index contributed by atoms with van der Waals surface area (Å²) in [6.45, 7) is 0. The molecule has 0 N–H and O–H groups in total. The monoisotopic (exact) mass is 624 g/mol. The average molecular weight is 625 g/mol. The molecule has 5 rings (SSSR count). The predicted octanol–water partition coefficient (Wildman–Crippen LogP) is 5.45. The van der Waals surface area contributed by atoms with Crippen molar-refractivity contribution in [3.8, 4) is 23.0 Å². The van der Waals surface area contributed by atoms with Gasteiger partial charge in [-0.15, -0.1) is 0 Å². The zero-order chi connectivity index (χ0) is 32.5. The third kappa shape index (κ3) is 7.85. The third-order valence-electron chi connectivity index (χ3n) is 8.49. The smallest absolute Gasteiger partial charge is 0.164 e. The van der Waals surface area contributed by atoms with E-state index in [4.69, 9.17) is 18.9 Å². The Morgan fingerprint density at radius 2 is 1.04 bits per heavy atom. The molecule has 2 aromatic heterocycles. The van der Waals surface area contributed by atoms with Crippen molar-refractivity contribution in [2.24, 2.45) is 0 Å². The number of ketones is 2. The van der Waals surface area contributed by atoms with Gasteiger partial charge in [0, 0.05) is 35.8 Å². The fraction of sp³-hybridized carbons (Fsp3) is 0.389. The lowest BCUT2D eigenvalue weighted by molar-refractivity contribution is -0.118. The average Bonchev–Trinajstić information content (AvgIpc) is 3.08. The van der Waals surface area contributed by atoms with Crippen LogP contribution in [0.2, 0.25) is 0 Å². The minimum atomic E-state index is 0.0232. The molecule has 2 atom stereocenters. The van der Waals surface area contributed by atoms with Gasteiger partial charge in [-0.3, -0.25) is 9.59 Å². The second-order valence-electron chi connectivity index (χ2n) is 11.5. The Morgan fingerprint density at radius 3 is 1.41 bits per heavy atom. The topological polar surface area (TPSA) is 123 Å². The van der Waals surface area contributed by atoms with Crippen LogP contribution >= 0.6 is 0 Å². The van der Waals surface area contributed by atoms with E-state index in [0.29, 0.717) is 34.4 Å². The molecule has 0 bridgehead atoms. The highest BCUT2D eigenvalue weighted by Gasteiger charge is 2.27. The molecule has 0 amide bonds. The molecule has 2 aromatic carbocycles. The van der Waals surface area contributed by atoms with E-state index >= 15 is 0 Å². The molecule has 0 saturated heterocycles. The largest absolute Gasteiger partial charge is 0.493 e. The zero-order valence-corrected chi connectivity index (χ0v) is 26.8. The summed E-state index contributed by atoms with van der Waals surface area (Å²) in [5.41, 5.74) is 4.70. The van der Waals surface area contributed by atoms with E-state index in [2.05, 4.69) is 20.4 Å². The lowest BCUT2D eigenvalue weighted by Crippen LogP contribution is -2.17. The Bertz CT molecular complexity index is 1520. The number of rotatable bonds is 14. The van der Waals surface area contributed by atoms with E-state index < -0.39 is 0 Å². The summed E-state index contributed by atoms with van der Waals surface area (Å²) in [6.07, 6.45) is 4.81. The summed E-state index contributed by atoms with van der Waals surface area (Å²) < 4.78 is 21.6. The van der Waals surface area contributed by atoms with Gasteiger partial charge in [0.15, 0.2) is 23.0 Å². The van der Waals surface area contributed by atoms with E-state index in [1.165, 1.54) is 0 Å². The highest BCUT2D eigenvalue weighted by atomic mass is 16.5. The molecular weight excluding hydrogens is 584 g/mol. The van der Waals surface area contributed by atoms with Gasteiger partial charge in [0.2, 0.25) is 0 Å². The van der Waals surface area contributed by atoms with E-state index in [1.807, 2.05) is 48.5 Å². The lowest BCUT2D eigenvalue weighted by atomic mass is 9.78. The first-order valence-corrected chi connectivity index (χ1v) is 15.5. The fourth-order valence-corrected chi connectivity index (χ4v) is 6.23. The first-order valence-electron chi connectivity index (χ1n) is 15.5. The number of ether oxygens (including phenoxy) is 4. The third-order valence-corrected chi connectivity index (χ3v) is 8.49. The maximum atomic E-state index is 12.8. The van der Waals surface area contributed by atoms with Gasteiger partial charge in [0.25, 0.3) is 0 Å². The van der Waals surface area contributed by atoms with E-state index in [9.17, 15) is 9.59 Å². The quantitative estimate of drug-likeness (QED) is 0.179. The number of hydrogen-bond acceptors (Lipinski definition) is 10. The molecule has 46 heavy (non-hydrogen) atoms. The summed E-state index contributed by atoms with van der Waals surface area (Å²) in [5, 5.41) is 17.8. The van der Waals surface area contributed by atoms with Crippen LogP contribution in [0.4, 0.5) is 0 Å². The molecule has 10 heteroatoms. The first kappa shape index (κ1) is 32.5. The molecule has 0 unspecified atom stereocenters. The number of Topliss-reactive ketones (excluding diaryl/α,β-unsaturated/α-hetero) is 2. The first-order chi connectivity index (χ1) is 22.4. The minimum Gasteiger partial charge on any atom is -0.493 e. The van der Waals surface area contributed by atoms with Gasteiger partial charge in [-0.05, 0) is 55.7 Å². The summed E-state index contributed by atoms with van der Waals surface area (Å²) in [6, 6.07) is 18.8. The van der Waals surface area contributed by atoms with Crippen molar-refractivity contribution in [1.82, 2.24) is 20.4 Å². The lowest BCUT2D eigenvalue weighted by Gasteiger charge is -2.28. The Balaban J connectivity index is 1.15. The van der Waals surface area contributed by atoms with Gasteiger partial charge >= 0.3 is 0 Å². The minimum absolute atomic E-state index is 0.0232. The molecule has 1 aliphatic rings. The Morgan fingerprint density at radius 1 is 0.587 bits per heavy atom. The van der Waals surface area contributed by atoms with Crippen molar-refractivity contribution in [3.05, 3.63) is 94.6 Å². The van der Waals surface area contributed by atoms with Crippen molar-refractivity contribution in [3.63, 3.8) is 0 Å². The highest BCUT2D eigenvalue weighted by Crippen LogP contribution is 2.40. The summed E-state index contributed by atoms with van der Waals surface area (Å²) in [7, 11) is 6.29. The van der Waals surface area contributed by atoms with Gasteiger partial charge in [0.05, 0.1) is 64.1 Å². The van der Waals surface area contributed by atoms with Crippen LogP contribution < -0.4 is 18.9 Å². The normalized spacial score (nSPS) is 16.0. The molecular formula is C36H40N4O6. The number of aromatic nitrogens is 4. The maximum Gasteiger partial charge on any atom is 0.164 e. The van der Waals surface area contributed by atoms with E-state index in [0.717, 1.165) is 48.2 Å². The van der Waals surface area contributed by atoms with Gasteiger partial charge < -0.3 is 18.9 Å². The van der Waals surface area contributed by atoms with Crippen LogP contribution in [0.15, 0.2) is 60.7 Å². The summed E-state index contributed by atoms with van der Waals surface area (Å²) in [5.74, 6) is 2.89. The van der Waals surface area contributed by atoms with Crippen LogP contribution in [-0.2, 0) is 35.3 Å². The molecule has 240 valence electrons. The highest BCUT2D eigenvalue weighted by molar-refractivity contribution is 5.84. The molecule has 1 aliphatic carbocycles. The van der Waals surface area contributed by atoms with Crippen molar-refractivity contribution >= 4 is 11.6 Å². The molecule has 0 radical (unpaired) electrons. The second-order valence-corrected chi connectivity index (χ2v) is 11.5. The van der Waals surface area contributed by atoms with Crippen LogP contribution in [0.5, 0.6) is 23.0 Å². The maximum absolute atomic E-state index is 12.8. The molecule has 1 fully saturated rings. The van der Waals surface area contributed by atoms with Crippen LogP contribution in [0.3, 0.4) is 0 Å². The van der Waals surface area contributed by atoms with Crippen LogP contribution in [0, 0.1) is 0 Å². The van der Waals surface area contributed by atoms with Gasteiger partial charge in [-0.2, -0.15) is 20.4 Å². The number of methoxy groups -OCH3 is 4. The van der Waals surface area contributed by atoms with Crippen molar-refractivity contribution in [1.29, 1.82) is 0 Å². The summed E-state index contributed by atoms with van der Waals surface area (Å²) in [4.78, 5) is 25.7. The fourth-order valence-electron chi connectivity index (χ4n) is 6.23. The van der Waals surface area contributed by atoms with Crippen LogP contribution in [0.25, 0.3) is 0 Å². The van der Waals surface area contributed by atoms with Gasteiger partial charge in [0.1, 0.15) is 11.6 Å². The Hall–Kier alpha value is -4.86. The Kier molecular flexibility index (Phi) is 10.9. The summed E-state index contributed by atoms with van der Waals surface area (Å²) >= 11 is 0. The van der Waals surface area contributed by atoms with Gasteiger partial charge in [-0.1, -0.05) is 30.7 Å². The van der Waals surface area contributed by atoms with Crippen LogP contribution in [-0.4, -0.2) is 60.4 Å². The molecule has 2 heterocycles. The number of carbonyl (C=O) groups excluding carboxylic acids is 2. The number of nitrogens with zero attached hydrogens (tertiary/aromatic N) is 4. The molecule has 0 spiro atoms. The Labute approximate surface area is 269 Å². The van der Waals surface area contributed by atoms with Crippen LogP contribution in [0.1, 0.15) is 71.4 Å². The zero-order valence-electron chi connectivity index (χ0n) is 26.8. The van der Waals surface area contributed by atoms with Crippen molar-refractivity contribution in [2.75, 3.05) is 28.4 Å². The van der Waals surface area contributed by atoms with Gasteiger partial charge in [-0.25, -0.2) is 0 Å². The molecule has 1 saturated carbocycles. The number of para-hydroxylation sites is 2. The molecule has 0 aliphatic heterocycles. The second kappa shape index (κ2) is 15.4. The van der Waals surface area contributed by atoms with E-state index in [1.54, 1.807) is 40.6 Å². The molecule has 10 nitrogen and oxygen atoms in total. The SMILES string of the molecule is COc1cccc(CC(=O)Cc2ccc([C@H]3CCC[C@H](c4ccc(CC(=O)Cc5cccc(OC)c5OC)nn4)C3)nn2)c1OC. The number of hydrogen-bond donors (Lipinski definition) is 0. The standard InChI is InChI=1S/C36H40N4O6/c1-43-33-12-6-10-25(35(33)45-3)19-29(41)21-27-14-16-31(39-37-27)23-8-5-9-24(18-23)32-17-15-28(38-40-32)22-30(42)20-26-11-7-13-34(44-2)36(26)46-4/h6-7,10-17,23-24H,5,8-9,18-22H2,1-4H3/t23-,24-/m0/s1. The van der Waals surface area contributed by atoms with E-state index in [-0.39, 0.29) is 49.1 Å². The predicted molar refractivity (Wildman–Crippen MR) is 172 cm³/mol. The number of carbonyl (C=O) groups is 2. The number of benzene rings is 2. The van der Waals surface area contributed by atoms with Crippen molar-refractivity contribution in [2.45, 2.75) is 63.2 Å². The molecule has 4 aromatic rings. The van der Waals surface area contributed by atoms with Crippen molar-refractivity contribution < 1.29 is 28.5 Å².